The number of rotatable bonds is 6. The minimum Gasteiger partial charge on any atom is -0.311 e. The van der Waals surface area contributed by atoms with E-state index in [0.29, 0.717) is 5.56 Å². The van der Waals surface area contributed by atoms with Gasteiger partial charge in [0.25, 0.3) is 0 Å². The highest BCUT2D eigenvalue weighted by atomic mass is 16.2. The molecule has 0 bridgehead atoms. The molecule has 0 saturated carbocycles. The van der Waals surface area contributed by atoms with Gasteiger partial charge in [0.05, 0.1) is 12.2 Å². The number of nitrogens with zero attached hydrogens (tertiary/aromatic N) is 2. The molecule has 0 fully saturated rings. The zero-order chi connectivity index (χ0) is 22.0. The Labute approximate surface area is 183 Å². The Hall–Kier alpha value is -3.21. The molecule has 1 aliphatic carbocycles. The zero-order valence-electron chi connectivity index (χ0n) is 18.4. The number of fused-ring (bicyclic) bond motifs is 1. The van der Waals surface area contributed by atoms with Crippen molar-refractivity contribution in [2.24, 2.45) is 0 Å². The van der Waals surface area contributed by atoms with Crippen molar-refractivity contribution in [2.75, 3.05) is 5.32 Å². The van der Waals surface area contributed by atoms with Crippen molar-refractivity contribution in [1.29, 1.82) is 0 Å². The van der Waals surface area contributed by atoms with Crippen molar-refractivity contribution >= 4 is 17.5 Å². The van der Waals surface area contributed by atoms with Gasteiger partial charge < -0.3 is 5.32 Å². The normalized spacial score (nSPS) is 15.4. The van der Waals surface area contributed by atoms with E-state index in [1.807, 2.05) is 43.7 Å². The molecular formula is C26H29N3O2. The molecule has 3 aromatic rings. The van der Waals surface area contributed by atoms with E-state index >= 15 is 0 Å². The third-order valence-corrected chi connectivity index (χ3v) is 6.28. The highest BCUT2D eigenvalue weighted by Gasteiger charge is 2.25. The Morgan fingerprint density at radius 1 is 1.03 bits per heavy atom. The second-order valence-corrected chi connectivity index (χ2v) is 8.50. The van der Waals surface area contributed by atoms with Gasteiger partial charge in [0.1, 0.15) is 5.82 Å². The molecule has 1 unspecified atom stereocenters. The number of hydrogen-bond donors (Lipinski definition) is 1. The van der Waals surface area contributed by atoms with Gasteiger partial charge in [-0.05, 0) is 68.4 Å². The fraction of sp³-hybridized carbons (Fsp3) is 0.346. The second-order valence-electron chi connectivity index (χ2n) is 8.50. The van der Waals surface area contributed by atoms with Crippen LogP contribution in [0.15, 0.2) is 48.7 Å². The Balaban J connectivity index is 1.46. The van der Waals surface area contributed by atoms with E-state index in [-0.39, 0.29) is 30.6 Å². The highest BCUT2D eigenvalue weighted by molar-refractivity contribution is 6.00. The molecule has 2 aromatic carbocycles. The SMILES string of the molecule is Cc1ccc(C(=O)CCC(=O)Nc2c(C)cnn2C2CCCc3ccccc32)cc1C. The average Bonchev–Trinajstić information content (AvgIpc) is 3.13. The largest absolute Gasteiger partial charge is 0.311 e. The molecule has 1 heterocycles. The third kappa shape index (κ3) is 4.46. The molecule has 0 spiro atoms. The van der Waals surface area contributed by atoms with E-state index in [9.17, 15) is 9.59 Å². The molecule has 1 amide bonds. The number of amides is 1. The van der Waals surface area contributed by atoms with E-state index in [1.165, 1.54) is 11.1 Å². The summed E-state index contributed by atoms with van der Waals surface area (Å²) in [6, 6.07) is 14.3. The Morgan fingerprint density at radius 2 is 1.84 bits per heavy atom. The lowest BCUT2D eigenvalue weighted by Gasteiger charge is -2.27. The van der Waals surface area contributed by atoms with Gasteiger partial charge in [-0.25, -0.2) is 4.68 Å². The number of aromatic nitrogens is 2. The first-order valence-corrected chi connectivity index (χ1v) is 11.0. The molecule has 31 heavy (non-hydrogen) atoms. The number of Topliss-reactive ketones (excluding diaryl/α,β-unsaturated/α-hetero) is 1. The summed E-state index contributed by atoms with van der Waals surface area (Å²) in [4.78, 5) is 25.2. The summed E-state index contributed by atoms with van der Waals surface area (Å²) in [6.45, 7) is 5.97. The summed E-state index contributed by atoms with van der Waals surface area (Å²) in [5.41, 5.74) is 6.46. The van der Waals surface area contributed by atoms with Crippen molar-refractivity contribution in [3.05, 3.63) is 82.0 Å². The van der Waals surface area contributed by atoms with Crippen molar-refractivity contribution in [2.45, 2.75) is 58.9 Å². The summed E-state index contributed by atoms with van der Waals surface area (Å²) in [5, 5.41) is 7.61. The molecular weight excluding hydrogens is 386 g/mol. The summed E-state index contributed by atoms with van der Waals surface area (Å²) in [5.74, 6) is 0.557. The third-order valence-electron chi connectivity index (χ3n) is 6.28. The van der Waals surface area contributed by atoms with Gasteiger partial charge in [-0.15, -0.1) is 0 Å². The summed E-state index contributed by atoms with van der Waals surface area (Å²) in [7, 11) is 0. The number of ketones is 1. The van der Waals surface area contributed by atoms with E-state index in [2.05, 4.69) is 34.7 Å². The van der Waals surface area contributed by atoms with E-state index in [0.717, 1.165) is 41.8 Å². The Morgan fingerprint density at radius 3 is 2.65 bits per heavy atom. The van der Waals surface area contributed by atoms with E-state index in [4.69, 9.17) is 0 Å². The van der Waals surface area contributed by atoms with Crippen molar-refractivity contribution in [3.8, 4) is 0 Å². The van der Waals surface area contributed by atoms with Gasteiger partial charge in [0.2, 0.25) is 5.91 Å². The van der Waals surface area contributed by atoms with Gasteiger partial charge in [-0.1, -0.05) is 36.4 Å². The Kier molecular flexibility index (Phi) is 6.03. The summed E-state index contributed by atoms with van der Waals surface area (Å²) < 4.78 is 1.94. The predicted molar refractivity (Wildman–Crippen MR) is 123 cm³/mol. The number of benzene rings is 2. The molecule has 0 radical (unpaired) electrons. The van der Waals surface area contributed by atoms with Crippen molar-refractivity contribution < 1.29 is 9.59 Å². The highest BCUT2D eigenvalue weighted by Crippen LogP contribution is 2.35. The number of nitrogens with one attached hydrogen (secondary N) is 1. The quantitative estimate of drug-likeness (QED) is 0.553. The van der Waals surface area contributed by atoms with Crippen molar-refractivity contribution in [1.82, 2.24) is 9.78 Å². The average molecular weight is 416 g/mol. The zero-order valence-corrected chi connectivity index (χ0v) is 18.4. The summed E-state index contributed by atoms with van der Waals surface area (Å²) >= 11 is 0. The van der Waals surface area contributed by atoms with Gasteiger partial charge >= 0.3 is 0 Å². The first-order chi connectivity index (χ1) is 14.9. The minimum absolute atomic E-state index is 0.00955. The van der Waals surface area contributed by atoms with Gasteiger partial charge in [-0.2, -0.15) is 5.10 Å². The molecule has 1 N–H and O–H groups in total. The van der Waals surface area contributed by atoms with Gasteiger partial charge in [0.15, 0.2) is 5.78 Å². The van der Waals surface area contributed by atoms with Crippen LogP contribution in [0, 0.1) is 20.8 Å². The second kappa shape index (κ2) is 8.88. The van der Waals surface area contributed by atoms with Crippen LogP contribution in [-0.2, 0) is 11.2 Å². The number of hydrogen-bond acceptors (Lipinski definition) is 3. The molecule has 0 aliphatic heterocycles. The van der Waals surface area contributed by atoms with Crippen molar-refractivity contribution in [3.63, 3.8) is 0 Å². The number of carbonyl (C=O) groups excluding carboxylic acids is 2. The standard InChI is InChI=1S/C26H29N3O2/c1-17-11-12-21(15-18(17)2)24(30)13-14-25(31)28-26-19(3)16-27-29(26)23-10-6-8-20-7-4-5-9-22(20)23/h4-5,7,9,11-12,15-16,23H,6,8,10,13-14H2,1-3H3,(H,28,31). The first kappa shape index (κ1) is 21.0. The van der Waals surface area contributed by atoms with E-state index < -0.39 is 0 Å². The maximum atomic E-state index is 12.7. The van der Waals surface area contributed by atoms with Crippen LogP contribution < -0.4 is 5.32 Å². The Bertz CT molecular complexity index is 1130. The lowest BCUT2D eigenvalue weighted by Crippen LogP contribution is -2.23. The van der Waals surface area contributed by atoms with Crippen LogP contribution in [0.1, 0.15) is 69.9 Å². The molecule has 5 nitrogen and oxygen atoms in total. The van der Waals surface area contributed by atoms with Gasteiger partial charge in [-0.3, -0.25) is 9.59 Å². The molecule has 5 heteroatoms. The lowest BCUT2D eigenvalue weighted by molar-refractivity contribution is -0.116. The monoisotopic (exact) mass is 415 g/mol. The molecule has 160 valence electrons. The van der Waals surface area contributed by atoms with Crippen LogP contribution in [0.25, 0.3) is 0 Å². The van der Waals surface area contributed by atoms with Crippen LogP contribution in [0.2, 0.25) is 0 Å². The molecule has 1 atom stereocenters. The first-order valence-electron chi connectivity index (χ1n) is 11.0. The minimum atomic E-state index is -0.161. The molecule has 1 aromatic heterocycles. The number of aryl methyl sites for hydroxylation is 4. The van der Waals surface area contributed by atoms with Crippen LogP contribution in [0.4, 0.5) is 5.82 Å². The fourth-order valence-corrected chi connectivity index (χ4v) is 4.30. The molecule has 4 rings (SSSR count). The summed E-state index contributed by atoms with van der Waals surface area (Å²) in [6.07, 6.45) is 5.30. The number of anilines is 1. The maximum absolute atomic E-state index is 12.7. The molecule has 0 saturated heterocycles. The lowest BCUT2D eigenvalue weighted by atomic mass is 9.88. The maximum Gasteiger partial charge on any atom is 0.225 e. The van der Waals surface area contributed by atoms with Crippen LogP contribution in [0.3, 0.4) is 0 Å². The smallest absolute Gasteiger partial charge is 0.225 e. The van der Waals surface area contributed by atoms with Crippen LogP contribution in [-0.4, -0.2) is 21.5 Å². The topological polar surface area (TPSA) is 64.0 Å². The molecule has 1 aliphatic rings. The number of carbonyl (C=O) groups is 2. The predicted octanol–water partition coefficient (Wildman–Crippen LogP) is 5.34. The fourth-order valence-electron chi connectivity index (χ4n) is 4.30. The van der Waals surface area contributed by atoms with Crippen LogP contribution in [0.5, 0.6) is 0 Å². The van der Waals surface area contributed by atoms with Gasteiger partial charge in [0, 0.05) is 24.0 Å². The van der Waals surface area contributed by atoms with E-state index in [1.54, 1.807) is 6.20 Å². The van der Waals surface area contributed by atoms with Crippen LogP contribution >= 0.6 is 0 Å².